The van der Waals surface area contributed by atoms with Crippen molar-refractivity contribution in [3.05, 3.63) is 29.8 Å². The third-order valence-electron chi connectivity index (χ3n) is 1.69. The van der Waals surface area contributed by atoms with Crippen LogP contribution in [0.2, 0.25) is 0 Å². The molecular weight excluding hydrogens is 238 g/mol. The molecule has 1 aromatic rings. The van der Waals surface area contributed by atoms with Crippen LogP contribution in [0.1, 0.15) is 17.3 Å². The molecule has 0 amide bonds. The van der Waals surface area contributed by atoms with Crippen molar-refractivity contribution < 1.29 is 13.2 Å². The highest BCUT2D eigenvalue weighted by Crippen LogP contribution is 2.13. The lowest BCUT2D eigenvalue weighted by Gasteiger charge is -2.05. The van der Waals surface area contributed by atoms with Crippen LogP contribution in [0.25, 0.3) is 0 Å². The second kappa shape index (κ2) is 4.63. The van der Waals surface area contributed by atoms with Crippen molar-refractivity contribution in [1.29, 1.82) is 0 Å². The van der Waals surface area contributed by atoms with Crippen molar-refractivity contribution >= 4 is 33.1 Å². The topological polar surface area (TPSA) is 63.2 Å². The number of hydrogen-bond acceptors (Lipinski definition) is 3. The average molecular weight is 248 g/mol. The Hall–Kier alpha value is -1.07. The van der Waals surface area contributed by atoms with E-state index in [0.29, 0.717) is 11.3 Å². The van der Waals surface area contributed by atoms with E-state index in [1.807, 2.05) is 0 Å². The number of halogens is 1. The van der Waals surface area contributed by atoms with Gasteiger partial charge in [-0.3, -0.25) is 9.52 Å². The molecule has 0 heterocycles. The number of nitrogens with one attached hydrogen (secondary N) is 1. The normalized spacial score (nSPS) is 11.1. The van der Waals surface area contributed by atoms with Crippen molar-refractivity contribution in [2.45, 2.75) is 6.92 Å². The summed E-state index contributed by atoms with van der Waals surface area (Å²) in [4.78, 5) is 11.0. The minimum absolute atomic E-state index is 0.123. The fraction of sp³-hybridized carbons (Fsp3) is 0.222. The molecule has 0 bridgehead atoms. The Balaban J connectivity index is 2.97. The molecule has 0 aliphatic rings. The molecule has 0 radical (unpaired) electrons. The summed E-state index contributed by atoms with van der Waals surface area (Å²) in [6.07, 6.45) is 0. The molecule has 0 saturated heterocycles. The summed E-state index contributed by atoms with van der Waals surface area (Å²) in [7, 11) is -3.51. The van der Waals surface area contributed by atoms with Gasteiger partial charge in [-0.2, -0.15) is 0 Å². The first kappa shape index (κ1) is 12.0. The van der Waals surface area contributed by atoms with Crippen LogP contribution >= 0.6 is 11.6 Å². The molecule has 1 rings (SSSR count). The highest BCUT2D eigenvalue weighted by Gasteiger charge is 2.08. The van der Waals surface area contributed by atoms with E-state index in [1.165, 1.54) is 13.0 Å². The molecule has 0 aliphatic carbocycles. The van der Waals surface area contributed by atoms with E-state index in [2.05, 4.69) is 4.72 Å². The molecule has 0 unspecified atom stereocenters. The minimum Gasteiger partial charge on any atom is -0.295 e. The smallest absolute Gasteiger partial charge is 0.246 e. The fourth-order valence-electron chi connectivity index (χ4n) is 1.01. The quantitative estimate of drug-likeness (QED) is 0.652. The van der Waals surface area contributed by atoms with Crippen LogP contribution in [0.5, 0.6) is 0 Å². The summed E-state index contributed by atoms with van der Waals surface area (Å²) >= 11 is 5.23. The Kier molecular flexibility index (Phi) is 3.71. The summed E-state index contributed by atoms with van der Waals surface area (Å²) in [6.45, 7) is 1.41. The minimum atomic E-state index is -3.51. The van der Waals surface area contributed by atoms with Gasteiger partial charge in [0.1, 0.15) is 5.21 Å². The number of rotatable bonds is 4. The molecule has 0 aliphatic heterocycles. The van der Waals surface area contributed by atoms with E-state index in [0.717, 1.165) is 0 Å². The first-order chi connectivity index (χ1) is 6.94. The monoisotopic (exact) mass is 247 g/mol. The highest BCUT2D eigenvalue weighted by atomic mass is 35.5. The molecule has 1 aromatic carbocycles. The van der Waals surface area contributed by atoms with Crippen LogP contribution in [0, 0.1) is 0 Å². The molecule has 1 N–H and O–H groups in total. The first-order valence-electron chi connectivity index (χ1n) is 4.12. The molecule has 0 spiro atoms. The van der Waals surface area contributed by atoms with E-state index in [1.54, 1.807) is 18.2 Å². The van der Waals surface area contributed by atoms with Crippen LogP contribution in [0.3, 0.4) is 0 Å². The second-order valence-electron chi connectivity index (χ2n) is 2.96. The number of sulfonamides is 1. The standard InChI is InChI=1S/C9H10ClNO3S/c1-7(12)8-3-2-4-9(5-8)11-15(13,14)6-10/h2-5,11H,6H2,1H3. The number of hydrogen-bond donors (Lipinski definition) is 1. The Bertz CT molecular complexity index is 470. The van der Waals surface area contributed by atoms with Gasteiger partial charge in [-0.05, 0) is 19.1 Å². The summed E-state index contributed by atoms with van der Waals surface area (Å²) in [5.41, 5.74) is 0.785. The number of Topliss-reactive ketones (excluding diaryl/α,β-unsaturated/α-hetero) is 1. The van der Waals surface area contributed by atoms with Crippen LogP contribution in [0.4, 0.5) is 5.69 Å². The zero-order chi connectivity index (χ0) is 11.5. The fourth-order valence-corrected chi connectivity index (χ4v) is 1.71. The van der Waals surface area contributed by atoms with Gasteiger partial charge in [0.2, 0.25) is 10.0 Å². The maximum absolute atomic E-state index is 11.1. The number of anilines is 1. The van der Waals surface area contributed by atoms with E-state index in [-0.39, 0.29) is 5.78 Å². The number of ketones is 1. The van der Waals surface area contributed by atoms with E-state index < -0.39 is 15.2 Å². The van der Waals surface area contributed by atoms with Crippen molar-refractivity contribution in [2.24, 2.45) is 0 Å². The molecule has 15 heavy (non-hydrogen) atoms. The molecule has 0 saturated carbocycles. The summed E-state index contributed by atoms with van der Waals surface area (Å²) in [5.74, 6) is -0.123. The van der Waals surface area contributed by atoms with Gasteiger partial charge < -0.3 is 0 Å². The summed E-state index contributed by atoms with van der Waals surface area (Å²) < 4.78 is 24.5. The molecule has 4 nitrogen and oxygen atoms in total. The maximum atomic E-state index is 11.1. The SMILES string of the molecule is CC(=O)c1cccc(NS(=O)(=O)CCl)c1. The summed E-state index contributed by atoms with van der Waals surface area (Å²) in [5, 5.41) is -0.517. The number of alkyl halides is 1. The van der Waals surface area contributed by atoms with Gasteiger partial charge in [-0.15, -0.1) is 11.6 Å². The Morgan fingerprint density at radius 3 is 2.67 bits per heavy atom. The zero-order valence-electron chi connectivity index (χ0n) is 8.03. The van der Waals surface area contributed by atoms with Crippen molar-refractivity contribution in [2.75, 3.05) is 9.93 Å². The lowest BCUT2D eigenvalue weighted by Crippen LogP contribution is -2.13. The van der Waals surface area contributed by atoms with Gasteiger partial charge in [-0.1, -0.05) is 12.1 Å². The molecule has 82 valence electrons. The van der Waals surface area contributed by atoms with E-state index in [9.17, 15) is 13.2 Å². The van der Waals surface area contributed by atoms with Gasteiger partial charge in [0.15, 0.2) is 5.78 Å². The van der Waals surface area contributed by atoms with Gasteiger partial charge in [0, 0.05) is 11.3 Å². The average Bonchev–Trinajstić information content (AvgIpc) is 2.17. The Labute approximate surface area is 93.3 Å². The summed E-state index contributed by atoms with van der Waals surface area (Å²) in [6, 6.07) is 6.23. The van der Waals surface area contributed by atoms with Crippen molar-refractivity contribution in [3.8, 4) is 0 Å². The molecule has 0 aromatic heterocycles. The van der Waals surface area contributed by atoms with E-state index in [4.69, 9.17) is 11.6 Å². The van der Waals surface area contributed by atoms with Crippen LogP contribution < -0.4 is 4.72 Å². The number of benzene rings is 1. The Morgan fingerprint density at radius 2 is 2.13 bits per heavy atom. The first-order valence-corrected chi connectivity index (χ1v) is 6.31. The zero-order valence-corrected chi connectivity index (χ0v) is 9.60. The maximum Gasteiger partial charge on any atom is 0.246 e. The predicted octanol–water partition coefficient (Wildman–Crippen LogP) is 1.83. The Morgan fingerprint density at radius 1 is 1.47 bits per heavy atom. The molecule has 6 heteroatoms. The number of carbonyl (C=O) groups is 1. The van der Waals surface area contributed by atoms with Crippen LogP contribution in [0.15, 0.2) is 24.3 Å². The van der Waals surface area contributed by atoms with Gasteiger partial charge >= 0.3 is 0 Å². The molecule has 0 atom stereocenters. The second-order valence-corrected chi connectivity index (χ2v) is 5.27. The van der Waals surface area contributed by atoms with Crippen molar-refractivity contribution in [3.63, 3.8) is 0 Å². The van der Waals surface area contributed by atoms with E-state index >= 15 is 0 Å². The van der Waals surface area contributed by atoms with Crippen molar-refractivity contribution in [1.82, 2.24) is 0 Å². The van der Waals surface area contributed by atoms with Gasteiger partial charge in [0.05, 0.1) is 0 Å². The van der Waals surface area contributed by atoms with Gasteiger partial charge in [-0.25, -0.2) is 8.42 Å². The lowest BCUT2D eigenvalue weighted by molar-refractivity contribution is 0.101. The predicted molar refractivity (Wildman–Crippen MR) is 59.7 cm³/mol. The van der Waals surface area contributed by atoms with Gasteiger partial charge in [0.25, 0.3) is 0 Å². The molecular formula is C9H10ClNO3S. The number of carbonyl (C=O) groups excluding carboxylic acids is 1. The van der Waals surface area contributed by atoms with Crippen LogP contribution in [-0.2, 0) is 10.0 Å². The van der Waals surface area contributed by atoms with Crippen LogP contribution in [-0.4, -0.2) is 19.4 Å². The highest BCUT2D eigenvalue weighted by molar-refractivity contribution is 7.93. The third-order valence-corrected chi connectivity index (χ3v) is 3.38. The largest absolute Gasteiger partial charge is 0.295 e. The third kappa shape index (κ3) is 3.53. The molecule has 0 fully saturated rings. The lowest BCUT2D eigenvalue weighted by atomic mass is 10.1.